The molecule has 7 nitrogen and oxygen atoms in total. The number of nitriles is 2. The third-order valence-electron chi connectivity index (χ3n) is 14.4. The molecule has 0 spiro atoms. The van der Waals surface area contributed by atoms with Crippen molar-refractivity contribution in [1.29, 1.82) is 10.5 Å². The molecule has 77 heavy (non-hydrogen) atoms. The third kappa shape index (κ3) is 8.06. The van der Waals surface area contributed by atoms with Gasteiger partial charge in [0.05, 0.1) is 82.0 Å². The van der Waals surface area contributed by atoms with Crippen LogP contribution < -0.4 is 0 Å². The molecular formula is C67H36F3N7. The van der Waals surface area contributed by atoms with Crippen molar-refractivity contribution >= 4 is 60.7 Å². The summed E-state index contributed by atoms with van der Waals surface area (Å²) in [6.45, 7) is 25.6. The Morgan fingerprint density at radius 2 is 0.766 bits per heavy atom. The predicted molar refractivity (Wildman–Crippen MR) is 300 cm³/mol. The maximum atomic E-state index is 15.4. The van der Waals surface area contributed by atoms with Crippen molar-refractivity contribution in [2.75, 3.05) is 0 Å². The van der Waals surface area contributed by atoms with Crippen LogP contribution in [0, 0.1) is 49.3 Å². The number of hydrogen-bond acceptors (Lipinski definition) is 2. The van der Waals surface area contributed by atoms with Crippen LogP contribution in [0.5, 0.6) is 0 Å². The smallest absolute Gasteiger partial charge is 0.308 e. The number of aryl methyl sites for hydroxylation is 1. The quantitative estimate of drug-likeness (QED) is 0.149. The summed E-state index contributed by atoms with van der Waals surface area (Å²) in [6.07, 6.45) is -4.77. The van der Waals surface area contributed by atoms with Gasteiger partial charge in [-0.2, -0.15) is 23.7 Å². The third-order valence-corrected chi connectivity index (χ3v) is 14.4. The molecule has 0 aliphatic heterocycles. The minimum Gasteiger partial charge on any atom is -0.308 e. The first kappa shape index (κ1) is 47.1. The number of nitrogens with zero attached hydrogens (tertiary/aromatic N) is 7. The molecule has 0 saturated carbocycles. The average molecular weight is 996 g/mol. The van der Waals surface area contributed by atoms with E-state index in [1.807, 2.05) is 84.9 Å². The highest BCUT2D eigenvalue weighted by Gasteiger charge is 2.35. The first-order valence-corrected chi connectivity index (χ1v) is 24.3. The van der Waals surface area contributed by atoms with Gasteiger partial charge in [0.2, 0.25) is 0 Å². The Bertz CT molecular complexity index is 4410. The summed E-state index contributed by atoms with van der Waals surface area (Å²) in [7, 11) is 0. The van der Waals surface area contributed by atoms with Gasteiger partial charge in [0.1, 0.15) is 0 Å². The maximum Gasteiger partial charge on any atom is 0.416 e. The molecule has 2 aromatic heterocycles. The summed E-state index contributed by atoms with van der Waals surface area (Å²) in [5.74, 6) is 0. The molecule has 10 aromatic carbocycles. The van der Waals surface area contributed by atoms with Crippen LogP contribution in [-0.4, -0.2) is 9.13 Å². The van der Waals surface area contributed by atoms with Crippen molar-refractivity contribution < 1.29 is 13.2 Å². The number of benzene rings is 10. The van der Waals surface area contributed by atoms with Gasteiger partial charge in [-0.25, -0.2) is 14.5 Å². The van der Waals surface area contributed by atoms with Crippen molar-refractivity contribution in [3.05, 3.63) is 257 Å². The van der Waals surface area contributed by atoms with Crippen LogP contribution in [0.25, 0.3) is 125 Å². The summed E-state index contributed by atoms with van der Waals surface area (Å²) in [5.41, 5.74) is 12.2. The highest BCUT2D eigenvalue weighted by Crippen LogP contribution is 2.48. The van der Waals surface area contributed by atoms with E-state index >= 15 is 13.2 Å². The number of alkyl halides is 3. The molecule has 0 fully saturated rings. The van der Waals surface area contributed by atoms with Gasteiger partial charge in [-0.05, 0) is 135 Å². The Hall–Kier alpha value is -11.0. The van der Waals surface area contributed by atoms with Gasteiger partial charge < -0.3 is 9.13 Å². The summed E-state index contributed by atoms with van der Waals surface area (Å²) in [6, 6.07) is 65.7. The molecular weight excluding hydrogens is 960 g/mol. The van der Waals surface area contributed by atoms with Gasteiger partial charge in [0.25, 0.3) is 0 Å². The first-order chi connectivity index (χ1) is 37.5. The summed E-state index contributed by atoms with van der Waals surface area (Å²) >= 11 is 0. The van der Waals surface area contributed by atoms with Crippen molar-refractivity contribution in [3.8, 4) is 79.1 Å². The van der Waals surface area contributed by atoms with E-state index in [1.54, 1.807) is 73.7 Å². The fourth-order valence-corrected chi connectivity index (χ4v) is 10.7. The lowest BCUT2D eigenvalue weighted by molar-refractivity contribution is -0.137. The summed E-state index contributed by atoms with van der Waals surface area (Å²) in [5, 5.41) is 22.8. The van der Waals surface area contributed by atoms with E-state index in [-0.39, 0.29) is 16.8 Å². The van der Waals surface area contributed by atoms with Crippen molar-refractivity contribution in [1.82, 2.24) is 9.13 Å². The maximum absolute atomic E-state index is 15.4. The molecule has 0 N–H and O–H groups in total. The SMILES string of the molecule is [C-]#[N+]c1ccc(-c2ccc3c4ccc(-c5ccc(C#N)cc5)cc4n(-c4cc([N+]#[C-])c(-c5c(C)cccc5C(F)(F)F)cc4-n4c5cc(-c6ccc(C#N)cc6)ccc5c5ccc(-c6ccc([N+]#[C-])cc6)cc54)c3c2)cc1. The van der Waals surface area contributed by atoms with Crippen LogP contribution >= 0.6 is 0 Å². The van der Waals surface area contributed by atoms with E-state index in [1.165, 1.54) is 6.07 Å². The van der Waals surface area contributed by atoms with Gasteiger partial charge in [-0.15, -0.1) is 0 Å². The Morgan fingerprint density at radius 3 is 1.10 bits per heavy atom. The second-order valence-electron chi connectivity index (χ2n) is 18.8. The Kier molecular flexibility index (Phi) is 11.3. The Balaban J connectivity index is 1.26. The number of fused-ring (bicyclic) bond motifs is 6. The number of rotatable bonds is 7. The van der Waals surface area contributed by atoms with Crippen LogP contribution in [-0.2, 0) is 6.18 Å². The summed E-state index contributed by atoms with van der Waals surface area (Å²) in [4.78, 5) is 11.3. The van der Waals surface area contributed by atoms with Crippen LogP contribution in [0.3, 0.4) is 0 Å². The molecule has 0 bridgehead atoms. The fraction of sp³-hybridized carbons (Fsp3) is 0.0299. The zero-order valence-corrected chi connectivity index (χ0v) is 40.8. The minimum atomic E-state index is -4.77. The van der Waals surface area contributed by atoms with E-state index in [0.717, 1.165) is 94.2 Å². The van der Waals surface area contributed by atoms with Gasteiger partial charge in [-0.1, -0.05) is 133 Å². The second-order valence-corrected chi connectivity index (χ2v) is 18.8. The second kappa shape index (κ2) is 18.5. The topological polar surface area (TPSA) is 70.5 Å². The molecule has 2 heterocycles. The number of halogens is 3. The van der Waals surface area contributed by atoms with Crippen molar-refractivity contribution in [2.45, 2.75) is 13.1 Å². The van der Waals surface area contributed by atoms with Crippen LogP contribution in [0.1, 0.15) is 22.3 Å². The van der Waals surface area contributed by atoms with E-state index in [9.17, 15) is 10.5 Å². The van der Waals surface area contributed by atoms with E-state index in [2.05, 4.69) is 72.2 Å². The van der Waals surface area contributed by atoms with E-state index in [0.29, 0.717) is 39.4 Å². The van der Waals surface area contributed by atoms with E-state index < -0.39 is 11.7 Å². The molecule has 360 valence electrons. The first-order valence-electron chi connectivity index (χ1n) is 24.3. The van der Waals surface area contributed by atoms with Crippen LogP contribution in [0.15, 0.2) is 200 Å². The van der Waals surface area contributed by atoms with Gasteiger partial charge >= 0.3 is 6.18 Å². The van der Waals surface area contributed by atoms with Gasteiger partial charge in [0, 0.05) is 21.5 Å². The highest BCUT2D eigenvalue weighted by atomic mass is 19.4. The molecule has 0 amide bonds. The highest BCUT2D eigenvalue weighted by molar-refractivity contribution is 6.14. The van der Waals surface area contributed by atoms with Crippen LogP contribution in [0.4, 0.5) is 30.2 Å². The molecule has 0 atom stereocenters. The lowest BCUT2D eigenvalue weighted by atomic mass is 9.92. The molecule has 12 rings (SSSR count). The predicted octanol–water partition coefficient (Wildman–Crippen LogP) is 18.9. The normalized spacial score (nSPS) is 11.3. The zero-order valence-electron chi connectivity index (χ0n) is 40.8. The van der Waals surface area contributed by atoms with E-state index in [4.69, 9.17) is 19.7 Å². The number of aromatic nitrogens is 2. The molecule has 0 aliphatic carbocycles. The zero-order chi connectivity index (χ0) is 53.1. The molecule has 0 saturated heterocycles. The van der Waals surface area contributed by atoms with Gasteiger partial charge in [0.15, 0.2) is 17.1 Å². The molecule has 12 aromatic rings. The Labute approximate surface area is 440 Å². The lowest BCUT2D eigenvalue weighted by Gasteiger charge is -2.22. The fourth-order valence-electron chi connectivity index (χ4n) is 10.7. The molecule has 0 aliphatic rings. The summed E-state index contributed by atoms with van der Waals surface area (Å²) < 4.78 is 50.3. The average Bonchev–Trinajstić information content (AvgIpc) is 4.15. The number of hydrogen-bond donors (Lipinski definition) is 0. The molecule has 0 unspecified atom stereocenters. The monoisotopic (exact) mass is 995 g/mol. The lowest BCUT2D eigenvalue weighted by Crippen LogP contribution is -2.09. The Morgan fingerprint density at radius 1 is 0.416 bits per heavy atom. The molecule has 0 radical (unpaired) electrons. The van der Waals surface area contributed by atoms with Crippen LogP contribution in [0.2, 0.25) is 0 Å². The molecule has 10 heteroatoms. The van der Waals surface area contributed by atoms with Gasteiger partial charge in [-0.3, -0.25) is 0 Å². The minimum absolute atomic E-state index is 0.00677. The van der Waals surface area contributed by atoms with Crippen molar-refractivity contribution in [3.63, 3.8) is 0 Å². The standard InChI is InChI=1S/C67H36F3N7/c1-40-6-5-7-58(67(68,69)70)66(40)57-36-64(76-60-32-47(43-12-8-41(38-71)9-13-43)20-28-53(60)54-30-22-49(34-61(54)76)45-16-24-51(73-2)25-17-45)65(37-59(57)75-4)77-62-33-48(44-14-10-42(39-72)11-15-44)21-29-55(62)56-31-23-50(35-63(56)77)46-18-26-52(74-3)27-19-46/h5-37H,1H3. The largest absolute Gasteiger partial charge is 0.416 e. The van der Waals surface area contributed by atoms with Crippen molar-refractivity contribution in [2.24, 2.45) is 0 Å².